The first-order chi connectivity index (χ1) is 16.2. The Hall–Kier alpha value is -3.82. The number of nitrogens with one attached hydrogen (secondary N) is 1. The summed E-state index contributed by atoms with van der Waals surface area (Å²) in [5.41, 5.74) is 3.21. The normalized spacial score (nSPS) is 11.7. The predicted octanol–water partition coefficient (Wildman–Crippen LogP) is 4.44. The van der Waals surface area contributed by atoms with Crippen LogP contribution in [0.3, 0.4) is 0 Å². The van der Waals surface area contributed by atoms with E-state index in [1.165, 1.54) is 16.4 Å². The number of benzene rings is 3. The minimum atomic E-state index is -4.07. The lowest BCUT2D eigenvalue weighted by Gasteiger charge is -2.22. The molecule has 4 aromatic rings. The molecule has 8 nitrogen and oxygen atoms in total. The number of fused-ring (bicyclic) bond motifs is 1. The zero-order valence-corrected chi connectivity index (χ0v) is 19.5. The lowest BCUT2D eigenvalue weighted by Crippen LogP contribution is -2.32. The van der Waals surface area contributed by atoms with E-state index in [4.69, 9.17) is 0 Å². The average Bonchev–Trinajstić information content (AvgIpc) is 2.82. The van der Waals surface area contributed by atoms with Gasteiger partial charge >= 0.3 is 0 Å². The molecular formula is C25H23N3O5S. The molecule has 34 heavy (non-hydrogen) atoms. The highest BCUT2D eigenvalue weighted by molar-refractivity contribution is 7.89. The highest BCUT2D eigenvalue weighted by atomic mass is 32.2. The average molecular weight is 478 g/mol. The van der Waals surface area contributed by atoms with Gasteiger partial charge in [0.15, 0.2) is 0 Å². The second-order valence-corrected chi connectivity index (χ2v) is 10.0. The summed E-state index contributed by atoms with van der Waals surface area (Å²) in [6, 6.07) is 19.3. The smallest absolute Gasteiger partial charge is 0.269 e. The topological polar surface area (TPSA) is 113 Å². The second kappa shape index (κ2) is 9.20. The molecule has 0 aliphatic heterocycles. The molecule has 0 unspecified atom stereocenters. The van der Waals surface area contributed by atoms with Crippen LogP contribution < -0.4 is 5.56 Å². The Morgan fingerprint density at radius 1 is 0.941 bits per heavy atom. The van der Waals surface area contributed by atoms with Crippen LogP contribution in [0.5, 0.6) is 0 Å². The maximum Gasteiger partial charge on any atom is 0.269 e. The fourth-order valence-electron chi connectivity index (χ4n) is 3.78. The molecule has 0 fully saturated rings. The minimum Gasteiger partial charge on any atom is -0.321 e. The molecule has 1 aromatic heterocycles. The van der Waals surface area contributed by atoms with Gasteiger partial charge in [0, 0.05) is 30.8 Å². The van der Waals surface area contributed by atoms with Crippen LogP contribution in [0.25, 0.3) is 10.9 Å². The molecule has 1 heterocycles. The fraction of sp³-hybridized carbons (Fsp3) is 0.160. The third-order valence-electron chi connectivity index (χ3n) is 5.86. The van der Waals surface area contributed by atoms with Gasteiger partial charge in [0.2, 0.25) is 10.0 Å². The number of aromatic nitrogens is 1. The van der Waals surface area contributed by atoms with Crippen molar-refractivity contribution >= 4 is 26.6 Å². The van der Waals surface area contributed by atoms with Gasteiger partial charge in [-0.2, -0.15) is 4.31 Å². The van der Waals surface area contributed by atoms with Gasteiger partial charge in [-0.1, -0.05) is 42.5 Å². The SMILES string of the molecule is Cc1ccc2cc(CN(Cc3ccccc3)S(=O)(=O)c3ccc([N+](=O)[O-])cc3)c(=O)[nH]c2c1C. The Labute approximate surface area is 196 Å². The number of sulfonamides is 1. The Bertz CT molecular complexity index is 1530. The van der Waals surface area contributed by atoms with E-state index < -0.39 is 14.9 Å². The number of non-ortho nitro benzene ring substituents is 1. The molecule has 0 saturated heterocycles. The van der Waals surface area contributed by atoms with E-state index in [9.17, 15) is 23.3 Å². The molecule has 0 bridgehead atoms. The molecule has 0 aliphatic rings. The second-order valence-electron chi connectivity index (χ2n) is 8.11. The number of aromatic amines is 1. The molecule has 1 N–H and O–H groups in total. The van der Waals surface area contributed by atoms with Gasteiger partial charge < -0.3 is 4.98 Å². The predicted molar refractivity (Wildman–Crippen MR) is 130 cm³/mol. The summed E-state index contributed by atoms with van der Waals surface area (Å²) in [6.45, 7) is 3.75. The van der Waals surface area contributed by atoms with Crippen molar-refractivity contribution in [2.75, 3.05) is 0 Å². The van der Waals surface area contributed by atoms with Crippen molar-refractivity contribution in [2.24, 2.45) is 0 Å². The number of hydrogen-bond acceptors (Lipinski definition) is 5. The van der Waals surface area contributed by atoms with Crippen molar-refractivity contribution in [1.82, 2.24) is 9.29 Å². The monoisotopic (exact) mass is 477 g/mol. The number of nitro benzene ring substituents is 1. The Morgan fingerprint density at radius 2 is 1.62 bits per heavy atom. The number of H-pyrrole nitrogens is 1. The summed E-state index contributed by atoms with van der Waals surface area (Å²) >= 11 is 0. The van der Waals surface area contributed by atoms with E-state index in [-0.39, 0.29) is 29.2 Å². The molecular weight excluding hydrogens is 454 g/mol. The molecule has 0 amide bonds. The van der Waals surface area contributed by atoms with Crippen LogP contribution in [0.1, 0.15) is 22.3 Å². The molecule has 0 radical (unpaired) electrons. The number of nitrogens with zero attached hydrogens (tertiary/aromatic N) is 2. The third kappa shape index (κ3) is 4.61. The maximum absolute atomic E-state index is 13.5. The van der Waals surface area contributed by atoms with Crippen LogP contribution in [0.4, 0.5) is 5.69 Å². The molecule has 0 saturated carbocycles. The summed E-state index contributed by atoms with van der Waals surface area (Å²) < 4.78 is 28.3. The zero-order chi connectivity index (χ0) is 24.5. The summed E-state index contributed by atoms with van der Waals surface area (Å²) in [7, 11) is -4.07. The van der Waals surface area contributed by atoms with Crippen LogP contribution in [0.2, 0.25) is 0 Å². The molecule has 0 spiro atoms. The minimum absolute atomic E-state index is 0.0323. The van der Waals surface area contributed by atoms with E-state index in [1.807, 2.05) is 32.0 Å². The number of rotatable bonds is 7. The van der Waals surface area contributed by atoms with Crippen LogP contribution in [0.15, 0.2) is 82.5 Å². The van der Waals surface area contributed by atoms with E-state index >= 15 is 0 Å². The van der Waals surface area contributed by atoms with Crippen molar-refractivity contribution in [3.63, 3.8) is 0 Å². The summed E-state index contributed by atoms with van der Waals surface area (Å²) in [5.74, 6) is 0. The standard InChI is InChI=1S/C25H23N3O5S/c1-17-8-9-20-14-21(25(29)26-24(20)18(17)2)16-27(15-19-6-4-3-5-7-19)34(32,33)23-12-10-22(11-13-23)28(30)31/h3-14H,15-16H2,1-2H3,(H,26,29). The quantitative estimate of drug-likeness (QED) is 0.312. The van der Waals surface area contributed by atoms with Gasteiger partial charge in [-0.3, -0.25) is 14.9 Å². The first-order valence-electron chi connectivity index (χ1n) is 10.6. The summed E-state index contributed by atoms with van der Waals surface area (Å²) in [5, 5.41) is 11.8. The number of pyridine rings is 1. The number of aryl methyl sites for hydroxylation is 2. The Balaban J connectivity index is 1.77. The van der Waals surface area contributed by atoms with Crippen LogP contribution >= 0.6 is 0 Å². The third-order valence-corrected chi connectivity index (χ3v) is 7.67. The van der Waals surface area contributed by atoms with E-state index in [2.05, 4.69) is 4.98 Å². The van der Waals surface area contributed by atoms with Gasteiger partial charge in [-0.15, -0.1) is 0 Å². The highest BCUT2D eigenvalue weighted by Crippen LogP contribution is 2.24. The van der Waals surface area contributed by atoms with Crippen molar-refractivity contribution in [2.45, 2.75) is 31.8 Å². The summed E-state index contributed by atoms with van der Waals surface area (Å²) in [6.07, 6.45) is 0. The Morgan fingerprint density at radius 3 is 2.26 bits per heavy atom. The first kappa shape index (κ1) is 23.3. The van der Waals surface area contributed by atoms with Crippen molar-refractivity contribution < 1.29 is 13.3 Å². The van der Waals surface area contributed by atoms with Crippen LogP contribution in [0, 0.1) is 24.0 Å². The largest absolute Gasteiger partial charge is 0.321 e. The molecule has 0 atom stereocenters. The van der Waals surface area contributed by atoms with Gasteiger partial charge in [-0.25, -0.2) is 8.42 Å². The number of nitro groups is 1. The molecule has 174 valence electrons. The van der Waals surface area contributed by atoms with E-state index in [0.29, 0.717) is 5.56 Å². The Kier molecular flexibility index (Phi) is 6.32. The van der Waals surface area contributed by atoms with Crippen LogP contribution in [-0.4, -0.2) is 22.6 Å². The zero-order valence-electron chi connectivity index (χ0n) is 18.7. The molecule has 4 rings (SSSR count). The van der Waals surface area contributed by atoms with Gasteiger partial charge in [0.1, 0.15) is 0 Å². The maximum atomic E-state index is 13.5. The van der Waals surface area contributed by atoms with Crippen molar-refractivity contribution in [3.05, 3.63) is 116 Å². The summed E-state index contributed by atoms with van der Waals surface area (Å²) in [4.78, 5) is 26.1. The van der Waals surface area contributed by atoms with E-state index in [0.717, 1.165) is 39.7 Å². The van der Waals surface area contributed by atoms with Crippen molar-refractivity contribution in [3.8, 4) is 0 Å². The van der Waals surface area contributed by atoms with Crippen LogP contribution in [-0.2, 0) is 23.1 Å². The van der Waals surface area contributed by atoms with Gasteiger partial charge in [0.25, 0.3) is 11.2 Å². The van der Waals surface area contributed by atoms with E-state index in [1.54, 1.807) is 30.3 Å². The fourth-order valence-corrected chi connectivity index (χ4v) is 5.19. The van der Waals surface area contributed by atoms with Crippen molar-refractivity contribution in [1.29, 1.82) is 0 Å². The molecule has 9 heteroatoms. The highest BCUT2D eigenvalue weighted by Gasteiger charge is 2.27. The van der Waals surface area contributed by atoms with Gasteiger partial charge in [-0.05, 0) is 54.1 Å². The van der Waals surface area contributed by atoms with Gasteiger partial charge in [0.05, 0.1) is 15.3 Å². The molecule has 0 aliphatic carbocycles. The lowest BCUT2D eigenvalue weighted by molar-refractivity contribution is -0.384. The molecule has 3 aromatic carbocycles. The first-order valence-corrected chi connectivity index (χ1v) is 12.0. The lowest BCUT2D eigenvalue weighted by atomic mass is 10.0. The number of hydrogen-bond donors (Lipinski definition) is 1.